The Hall–Kier alpha value is -4.93. The van der Waals surface area contributed by atoms with E-state index in [9.17, 15) is 18.0 Å². The highest BCUT2D eigenvalue weighted by atomic mass is 35.5. The van der Waals surface area contributed by atoms with Crippen LogP contribution in [-0.4, -0.2) is 33.3 Å². The molecule has 1 aliphatic heterocycles. The summed E-state index contributed by atoms with van der Waals surface area (Å²) in [7, 11) is 0. The molecular formula is C33H21ClF3N3O3S. The summed E-state index contributed by atoms with van der Waals surface area (Å²) < 4.78 is 31.7. The largest absolute Gasteiger partial charge is 0.490 e. The fourth-order valence-corrected chi connectivity index (χ4v) is 5.38. The number of benzene rings is 4. The number of nitrogens with one attached hydrogen (secondary N) is 1. The van der Waals surface area contributed by atoms with Crippen LogP contribution in [0.4, 0.5) is 18.9 Å². The second-order valence-corrected chi connectivity index (χ2v) is 10.7. The Bertz CT molecular complexity index is 1910. The van der Waals surface area contributed by atoms with Gasteiger partial charge in [-0.15, -0.1) is 0 Å². The number of carboxylic acids is 1. The molecule has 0 spiro atoms. The van der Waals surface area contributed by atoms with Gasteiger partial charge >= 0.3 is 12.1 Å². The van der Waals surface area contributed by atoms with Crippen LogP contribution in [0.3, 0.4) is 0 Å². The van der Waals surface area contributed by atoms with Crippen LogP contribution in [-0.2, 0) is 9.59 Å². The van der Waals surface area contributed by atoms with Crippen molar-refractivity contribution in [1.82, 2.24) is 10.3 Å². The molecule has 2 heterocycles. The zero-order chi connectivity index (χ0) is 31.3. The molecule has 0 saturated carbocycles. The van der Waals surface area contributed by atoms with Gasteiger partial charge in [0.1, 0.15) is 0 Å². The van der Waals surface area contributed by atoms with Crippen LogP contribution < -0.4 is 5.32 Å². The van der Waals surface area contributed by atoms with E-state index < -0.39 is 12.1 Å². The predicted molar refractivity (Wildman–Crippen MR) is 169 cm³/mol. The van der Waals surface area contributed by atoms with Crippen LogP contribution in [0.25, 0.3) is 39.2 Å². The van der Waals surface area contributed by atoms with Gasteiger partial charge in [0.05, 0.1) is 21.1 Å². The number of hydrogen-bond acceptors (Lipinski definition) is 5. The summed E-state index contributed by atoms with van der Waals surface area (Å²) in [5, 5.41) is 12.1. The third kappa shape index (κ3) is 7.16. The molecule has 1 fully saturated rings. The molecule has 11 heteroatoms. The number of fused-ring (bicyclic) bond motifs is 1. The standard InChI is InChI=1S/C31H20ClN3OS.C2HF3O2/c32-26-13-7-12-24(22-10-5-2-6-11-22)29(26)34-31-35-30(36)28(37-31)19-20-14-15-27-25(18-20)23(16-17-33-27)21-8-3-1-4-9-21;3-2(4,5)1(6)7/h1-19H,(H,34,35,36);(H,6,7). The number of thioether (sulfide) groups is 1. The van der Waals surface area contributed by atoms with Crippen LogP contribution in [0.2, 0.25) is 5.02 Å². The minimum Gasteiger partial charge on any atom is -0.475 e. The molecule has 4 aromatic carbocycles. The van der Waals surface area contributed by atoms with Crippen molar-refractivity contribution in [3.63, 3.8) is 0 Å². The molecule has 1 aromatic heterocycles. The molecule has 0 bridgehead atoms. The van der Waals surface area contributed by atoms with Gasteiger partial charge in [-0.05, 0) is 64.4 Å². The second kappa shape index (κ2) is 13.2. The van der Waals surface area contributed by atoms with Crippen molar-refractivity contribution in [2.24, 2.45) is 4.99 Å². The first kappa shape index (κ1) is 30.5. The number of rotatable bonds is 4. The van der Waals surface area contributed by atoms with Gasteiger partial charge in [0.2, 0.25) is 0 Å². The lowest BCUT2D eigenvalue weighted by Gasteiger charge is -2.08. The highest BCUT2D eigenvalue weighted by Gasteiger charge is 2.38. The number of nitrogens with zero attached hydrogens (tertiary/aromatic N) is 2. The first-order valence-electron chi connectivity index (χ1n) is 13.0. The smallest absolute Gasteiger partial charge is 0.475 e. The number of aromatic nitrogens is 1. The van der Waals surface area contributed by atoms with Crippen molar-refractivity contribution in [2.45, 2.75) is 6.18 Å². The number of amides is 1. The number of carbonyl (C=O) groups excluding carboxylic acids is 1. The maximum absolute atomic E-state index is 12.8. The van der Waals surface area contributed by atoms with E-state index >= 15 is 0 Å². The van der Waals surface area contributed by atoms with E-state index in [2.05, 4.69) is 28.5 Å². The zero-order valence-corrected chi connectivity index (χ0v) is 24.1. The number of hydrogen-bond donors (Lipinski definition) is 2. The number of alkyl halides is 3. The number of carboxylic acid groups (broad SMARTS) is 1. The predicted octanol–water partition coefficient (Wildman–Crippen LogP) is 8.75. The number of aliphatic imine (C=N–C) groups is 1. The number of pyridine rings is 1. The first-order chi connectivity index (χ1) is 21.1. The van der Waals surface area contributed by atoms with E-state index in [1.165, 1.54) is 11.8 Å². The van der Waals surface area contributed by atoms with Gasteiger partial charge in [-0.3, -0.25) is 9.78 Å². The SMILES string of the molecule is O=C(O)C(F)(F)F.O=C1NC(=Nc2c(Cl)cccc2-c2ccccc2)SC1=Cc1ccc2nccc(-c3ccccc3)c2c1. The molecule has 6 nitrogen and oxygen atoms in total. The summed E-state index contributed by atoms with van der Waals surface area (Å²) in [5.41, 5.74) is 6.58. The minimum atomic E-state index is -5.08. The van der Waals surface area contributed by atoms with E-state index in [-0.39, 0.29) is 5.91 Å². The maximum atomic E-state index is 12.8. The van der Waals surface area contributed by atoms with E-state index in [0.717, 1.165) is 38.7 Å². The van der Waals surface area contributed by atoms with E-state index in [4.69, 9.17) is 26.5 Å². The summed E-state index contributed by atoms with van der Waals surface area (Å²) in [4.78, 5) is 31.6. The van der Waals surface area contributed by atoms with Crippen molar-refractivity contribution < 1.29 is 27.9 Å². The van der Waals surface area contributed by atoms with Crippen molar-refractivity contribution >= 4 is 63.1 Å². The molecular weight excluding hydrogens is 611 g/mol. The van der Waals surface area contributed by atoms with Gasteiger partial charge in [-0.25, -0.2) is 9.79 Å². The molecule has 0 radical (unpaired) electrons. The van der Waals surface area contributed by atoms with Crippen LogP contribution in [0.15, 0.2) is 119 Å². The maximum Gasteiger partial charge on any atom is 0.490 e. The van der Waals surface area contributed by atoms with Gasteiger partial charge < -0.3 is 10.4 Å². The molecule has 0 atom stereocenters. The Morgan fingerprint density at radius 2 is 1.52 bits per heavy atom. The topological polar surface area (TPSA) is 91.6 Å². The third-order valence-corrected chi connectivity index (χ3v) is 7.54. The molecule has 5 aromatic rings. The quantitative estimate of drug-likeness (QED) is 0.194. The van der Waals surface area contributed by atoms with Crippen molar-refractivity contribution in [3.8, 4) is 22.3 Å². The van der Waals surface area contributed by atoms with Crippen molar-refractivity contribution in [3.05, 3.63) is 125 Å². The van der Waals surface area contributed by atoms with Crippen LogP contribution in [0, 0.1) is 0 Å². The Balaban J connectivity index is 0.000000493. The minimum absolute atomic E-state index is 0.188. The number of para-hydroxylation sites is 1. The monoisotopic (exact) mass is 631 g/mol. The molecule has 1 saturated heterocycles. The third-order valence-electron chi connectivity index (χ3n) is 6.33. The normalized spacial score (nSPS) is 14.8. The van der Waals surface area contributed by atoms with E-state index in [1.807, 2.05) is 91.1 Å². The number of amidine groups is 1. The molecule has 6 rings (SSSR count). The summed E-state index contributed by atoms with van der Waals surface area (Å²) in [6, 6.07) is 33.9. The number of aliphatic carboxylic acids is 1. The first-order valence-corrected chi connectivity index (χ1v) is 14.2. The Kier molecular flexibility index (Phi) is 9.12. The Labute approximate surface area is 258 Å². The summed E-state index contributed by atoms with van der Waals surface area (Å²) in [6.07, 6.45) is -1.38. The fourth-order valence-electron chi connectivity index (χ4n) is 4.34. The van der Waals surface area contributed by atoms with Gasteiger partial charge in [0.25, 0.3) is 5.91 Å². The van der Waals surface area contributed by atoms with E-state index in [1.54, 1.807) is 6.07 Å². The average molecular weight is 632 g/mol. The lowest BCUT2D eigenvalue weighted by molar-refractivity contribution is -0.192. The lowest BCUT2D eigenvalue weighted by atomic mass is 10.00. The van der Waals surface area contributed by atoms with Gasteiger partial charge in [-0.2, -0.15) is 13.2 Å². The number of halogens is 4. The van der Waals surface area contributed by atoms with Gasteiger partial charge in [0.15, 0.2) is 5.17 Å². The Morgan fingerprint density at radius 1 is 0.886 bits per heavy atom. The summed E-state index contributed by atoms with van der Waals surface area (Å²) >= 11 is 7.83. The summed E-state index contributed by atoms with van der Waals surface area (Å²) in [6.45, 7) is 0. The van der Waals surface area contributed by atoms with Gasteiger partial charge in [-0.1, -0.05) is 90.5 Å². The molecule has 0 aliphatic carbocycles. The Morgan fingerprint density at radius 3 is 2.16 bits per heavy atom. The van der Waals surface area contributed by atoms with Crippen LogP contribution in [0.1, 0.15) is 5.56 Å². The number of carbonyl (C=O) groups is 2. The van der Waals surface area contributed by atoms with E-state index in [0.29, 0.717) is 20.8 Å². The molecule has 2 N–H and O–H groups in total. The summed E-state index contributed by atoms with van der Waals surface area (Å²) in [5.74, 6) is -2.95. The molecule has 0 unspecified atom stereocenters. The molecule has 220 valence electrons. The van der Waals surface area contributed by atoms with Crippen LogP contribution >= 0.6 is 23.4 Å². The lowest BCUT2D eigenvalue weighted by Crippen LogP contribution is -2.21. The molecule has 1 aliphatic rings. The highest BCUT2D eigenvalue weighted by molar-refractivity contribution is 8.18. The van der Waals surface area contributed by atoms with Crippen molar-refractivity contribution in [2.75, 3.05) is 0 Å². The second-order valence-electron chi connectivity index (χ2n) is 9.29. The highest BCUT2D eigenvalue weighted by Crippen LogP contribution is 2.38. The molecule has 44 heavy (non-hydrogen) atoms. The van der Waals surface area contributed by atoms with Gasteiger partial charge in [0, 0.05) is 17.1 Å². The van der Waals surface area contributed by atoms with Crippen LogP contribution in [0.5, 0.6) is 0 Å². The fraction of sp³-hybridized carbons (Fsp3) is 0.0303. The van der Waals surface area contributed by atoms with Crippen molar-refractivity contribution in [1.29, 1.82) is 0 Å². The molecule has 1 amide bonds. The average Bonchev–Trinajstić information content (AvgIpc) is 3.36. The zero-order valence-electron chi connectivity index (χ0n) is 22.5.